The average molecular weight is 483 g/mol. The molecule has 1 amide bonds. The molecule has 5 rings (SSSR count). The molecule has 1 aliphatic heterocycles. The van der Waals surface area contributed by atoms with Crippen LogP contribution in [0.4, 0.5) is 17.3 Å². The lowest BCUT2D eigenvalue weighted by atomic mass is 9.97. The van der Waals surface area contributed by atoms with Crippen LogP contribution in [0.5, 0.6) is 0 Å². The topological polar surface area (TPSA) is 140 Å². The van der Waals surface area contributed by atoms with Gasteiger partial charge in [0.2, 0.25) is 11.9 Å². The Morgan fingerprint density at radius 2 is 2.08 bits per heavy atom. The van der Waals surface area contributed by atoms with Crippen LogP contribution in [0.3, 0.4) is 0 Å². The van der Waals surface area contributed by atoms with E-state index in [1.807, 2.05) is 30.3 Å². The number of hydrogen-bond donors (Lipinski definition) is 4. The number of amides is 1. The standard InChI is InChI=1S/C26H26N8O2/c1-2-23(35)32-18-8-9-29-21(12-18)20-5-3-4-17-13-31-25(34-24(17)20)33-19-6-7-22(30-14-19)26(15-27)16-28-10-11-36-26/h2-9,12-14,28H,1,10-11,15-16,27H2,(H,29,32,35)(H,31,33,34). The van der Waals surface area contributed by atoms with E-state index in [-0.39, 0.29) is 5.91 Å². The second-order valence-corrected chi connectivity index (χ2v) is 8.34. The second kappa shape index (κ2) is 10.2. The van der Waals surface area contributed by atoms with E-state index in [4.69, 9.17) is 15.5 Å². The highest BCUT2D eigenvalue weighted by Gasteiger charge is 2.35. The molecule has 3 aromatic heterocycles. The Morgan fingerprint density at radius 3 is 2.83 bits per heavy atom. The third-order valence-corrected chi connectivity index (χ3v) is 5.98. The van der Waals surface area contributed by atoms with Crippen molar-refractivity contribution in [2.75, 3.05) is 36.9 Å². The van der Waals surface area contributed by atoms with Gasteiger partial charge in [0.15, 0.2) is 0 Å². The SMILES string of the molecule is C=CC(=O)Nc1ccnc(-c2cccc3cnc(Nc4ccc(C5(CN)CNCCO5)nc4)nc23)c1. The van der Waals surface area contributed by atoms with Crippen LogP contribution in [0.15, 0.2) is 73.7 Å². The zero-order chi connectivity index (χ0) is 25.0. The first kappa shape index (κ1) is 23.5. The summed E-state index contributed by atoms with van der Waals surface area (Å²) in [5, 5.41) is 10.2. The summed E-state index contributed by atoms with van der Waals surface area (Å²) < 4.78 is 5.97. The number of fused-ring (bicyclic) bond motifs is 1. The second-order valence-electron chi connectivity index (χ2n) is 8.34. The lowest BCUT2D eigenvalue weighted by Crippen LogP contribution is -2.52. The molecule has 1 saturated heterocycles. The molecule has 0 aliphatic carbocycles. The van der Waals surface area contributed by atoms with Crippen molar-refractivity contribution in [2.24, 2.45) is 5.73 Å². The molecule has 0 bridgehead atoms. The van der Waals surface area contributed by atoms with Crippen molar-refractivity contribution in [3.63, 3.8) is 0 Å². The van der Waals surface area contributed by atoms with Gasteiger partial charge < -0.3 is 26.4 Å². The first-order valence-electron chi connectivity index (χ1n) is 11.5. The van der Waals surface area contributed by atoms with Gasteiger partial charge in [-0.25, -0.2) is 9.97 Å². The number of anilines is 3. The van der Waals surface area contributed by atoms with E-state index in [0.29, 0.717) is 37.0 Å². The molecule has 36 heavy (non-hydrogen) atoms. The number of nitrogens with one attached hydrogen (secondary N) is 3. The number of aromatic nitrogens is 4. The van der Waals surface area contributed by atoms with Crippen LogP contribution in [0, 0.1) is 0 Å². The largest absolute Gasteiger partial charge is 0.365 e. The van der Waals surface area contributed by atoms with Gasteiger partial charge in [-0.3, -0.25) is 14.8 Å². The van der Waals surface area contributed by atoms with Gasteiger partial charge in [-0.1, -0.05) is 24.8 Å². The first-order valence-corrected chi connectivity index (χ1v) is 11.5. The zero-order valence-electron chi connectivity index (χ0n) is 19.6. The summed E-state index contributed by atoms with van der Waals surface area (Å²) in [6, 6.07) is 13.1. The van der Waals surface area contributed by atoms with Gasteiger partial charge in [-0.15, -0.1) is 0 Å². The predicted octanol–water partition coefficient (Wildman–Crippen LogP) is 2.73. The molecule has 1 aliphatic rings. The fourth-order valence-corrected chi connectivity index (χ4v) is 4.10. The Hall–Kier alpha value is -4.25. The average Bonchev–Trinajstić information content (AvgIpc) is 2.93. The summed E-state index contributed by atoms with van der Waals surface area (Å²) in [6.45, 7) is 5.83. The minimum absolute atomic E-state index is 0.290. The fraction of sp³-hybridized carbons (Fsp3) is 0.192. The van der Waals surface area contributed by atoms with E-state index in [1.54, 1.807) is 30.7 Å². The Morgan fingerprint density at radius 1 is 1.17 bits per heavy atom. The number of morpholine rings is 1. The third-order valence-electron chi connectivity index (χ3n) is 5.98. The van der Waals surface area contributed by atoms with Gasteiger partial charge in [0.25, 0.3) is 0 Å². The number of hydrogen-bond acceptors (Lipinski definition) is 9. The maximum Gasteiger partial charge on any atom is 0.247 e. The van der Waals surface area contributed by atoms with Gasteiger partial charge in [0.1, 0.15) is 5.60 Å². The number of benzene rings is 1. The molecule has 0 radical (unpaired) electrons. The molecular weight excluding hydrogens is 456 g/mol. The molecule has 0 saturated carbocycles. The van der Waals surface area contributed by atoms with Gasteiger partial charge in [0.05, 0.1) is 35.4 Å². The van der Waals surface area contributed by atoms with Crippen molar-refractivity contribution >= 4 is 34.1 Å². The molecule has 4 heterocycles. The minimum atomic E-state index is -0.627. The lowest BCUT2D eigenvalue weighted by Gasteiger charge is -2.36. The number of pyridine rings is 2. The van der Waals surface area contributed by atoms with Crippen molar-refractivity contribution < 1.29 is 9.53 Å². The highest BCUT2D eigenvalue weighted by Crippen LogP contribution is 2.29. The lowest BCUT2D eigenvalue weighted by molar-refractivity contribution is -0.111. The van der Waals surface area contributed by atoms with Gasteiger partial charge >= 0.3 is 0 Å². The molecule has 4 aromatic rings. The van der Waals surface area contributed by atoms with Gasteiger partial charge in [-0.05, 0) is 30.3 Å². The van der Waals surface area contributed by atoms with Crippen LogP contribution >= 0.6 is 0 Å². The quantitative estimate of drug-likeness (QED) is 0.293. The molecule has 10 heteroatoms. The molecule has 1 unspecified atom stereocenters. The van der Waals surface area contributed by atoms with Crippen molar-refractivity contribution in [2.45, 2.75) is 5.60 Å². The molecule has 182 valence electrons. The van der Waals surface area contributed by atoms with E-state index in [2.05, 4.69) is 37.5 Å². The maximum atomic E-state index is 11.7. The molecular formula is C26H26N8O2. The maximum absolute atomic E-state index is 11.7. The summed E-state index contributed by atoms with van der Waals surface area (Å²) >= 11 is 0. The number of carbonyl (C=O) groups is 1. The molecule has 10 nitrogen and oxygen atoms in total. The zero-order valence-corrected chi connectivity index (χ0v) is 19.6. The Labute approximate surface area is 208 Å². The number of carbonyl (C=O) groups excluding carboxylic acids is 1. The number of rotatable bonds is 7. The number of nitrogens with zero attached hydrogens (tertiary/aromatic N) is 4. The van der Waals surface area contributed by atoms with Crippen molar-refractivity contribution in [1.82, 2.24) is 25.3 Å². The van der Waals surface area contributed by atoms with Gasteiger partial charge in [0, 0.05) is 48.7 Å². The third kappa shape index (κ3) is 4.78. The summed E-state index contributed by atoms with van der Waals surface area (Å²) in [5.74, 6) is 0.131. The van der Waals surface area contributed by atoms with E-state index in [1.165, 1.54) is 6.08 Å². The molecule has 1 atom stereocenters. The molecule has 1 fully saturated rings. The Kier molecular flexibility index (Phi) is 6.63. The van der Waals surface area contributed by atoms with Crippen molar-refractivity contribution in [3.8, 4) is 11.3 Å². The number of ether oxygens (including phenoxy) is 1. The predicted molar refractivity (Wildman–Crippen MR) is 139 cm³/mol. The van der Waals surface area contributed by atoms with Crippen LogP contribution < -0.4 is 21.7 Å². The number of para-hydroxylation sites is 1. The summed E-state index contributed by atoms with van der Waals surface area (Å²) in [6.07, 6.45) is 6.33. The van der Waals surface area contributed by atoms with E-state index in [0.717, 1.165) is 34.4 Å². The van der Waals surface area contributed by atoms with Crippen LogP contribution in [0.1, 0.15) is 5.69 Å². The van der Waals surface area contributed by atoms with Crippen LogP contribution in [0.25, 0.3) is 22.2 Å². The smallest absolute Gasteiger partial charge is 0.247 e. The highest BCUT2D eigenvalue weighted by molar-refractivity contribution is 5.99. The normalized spacial score (nSPS) is 17.5. The minimum Gasteiger partial charge on any atom is -0.365 e. The Bertz CT molecular complexity index is 1400. The van der Waals surface area contributed by atoms with Gasteiger partial charge in [-0.2, -0.15) is 0 Å². The van der Waals surface area contributed by atoms with E-state index in [9.17, 15) is 4.79 Å². The van der Waals surface area contributed by atoms with Crippen molar-refractivity contribution in [3.05, 3.63) is 79.4 Å². The van der Waals surface area contributed by atoms with E-state index >= 15 is 0 Å². The van der Waals surface area contributed by atoms with E-state index < -0.39 is 5.60 Å². The molecule has 0 spiro atoms. The summed E-state index contributed by atoms with van der Waals surface area (Å²) in [5.41, 5.74) is 9.73. The van der Waals surface area contributed by atoms with Crippen LogP contribution in [-0.2, 0) is 15.1 Å². The number of nitrogens with two attached hydrogens (primary N) is 1. The monoisotopic (exact) mass is 482 g/mol. The molecule has 5 N–H and O–H groups in total. The van der Waals surface area contributed by atoms with Crippen molar-refractivity contribution in [1.29, 1.82) is 0 Å². The highest BCUT2D eigenvalue weighted by atomic mass is 16.5. The Balaban J connectivity index is 1.42. The summed E-state index contributed by atoms with van der Waals surface area (Å²) in [4.78, 5) is 30.0. The molecule has 1 aromatic carbocycles. The fourth-order valence-electron chi connectivity index (χ4n) is 4.10. The van der Waals surface area contributed by atoms with Crippen LogP contribution in [-0.4, -0.2) is 52.1 Å². The first-order chi connectivity index (χ1) is 17.6. The summed E-state index contributed by atoms with van der Waals surface area (Å²) in [7, 11) is 0. The van der Waals surface area contributed by atoms with Crippen LogP contribution in [0.2, 0.25) is 0 Å².